The average molecular weight is 313 g/mol. The van der Waals surface area contributed by atoms with Gasteiger partial charge < -0.3 is 10.1 Å². The van der Waals surface area contributed by atoms with Crippen LogP contribution in [0.1, 0.15) is 24.5 Å². The standard InChI is InChI=1S/C19H23NOS/c1-3-20-14-9-10-16-17(13-14)18(21-2)11-12-19(16)22-15-7-5-4-6-8-15/h4-8,11-12,14,20H,3,9-10,13H2,1-2H3. The molecule has 3 heteroatoms. The zero-order chi connectivity index (χ0) is 15.4. The molecule has 0 bridgehead atoms. The molecule has 2 nitrogen and oxygen atoms in total. The quantitative estimate of drug-likeness (QED) is 0.888. The van der Waals surface area contributed by atoms with Gasteiger partial charge in [0.15, 0.2) is 0 Å². The van der Waals surface area contributed by atoms with Gasteiger partial charge in [-0.05, 0) is 61.2 Å². The molecule has 1 N–H and O–H groups in total. The maximum atomic E-state index is 5.61. The lowest BCUT2D eigenvalue weighted by Gasteiger charge is -2.28. The van der Waals surface area contributed by atoms with E-state index in [2.05, 4.69) is 54.7 Å². The highest BCUT2D eigenvalue weighted by atomic mass is 32.2. The van der Waals surface area contributed by atoms with Crippen molar-refractivity contribution in [2.24, 2.45) is 0 Å². The van der Waals surface area contributed by atoms with Crippen LogP contribution in [-0.4, -0.2) is 19.7 Å². The number of rotatable bonds is 5. The van der Waals surface area contributed by atoms with Crippen LogP contribution in [0.25, 0.3) is 0 Å². The van der Waals surface area contributed by atoms with Crippen LogP contribution in [0.2, 0.25) is 0 Å². The van der Waals surface area contributed by atoms with Crippen LogP contribution < -0.4 is 10.1 Å². The Morgan fingerprint density at radius 2 is 1.95 bits per heavy atom. The smallest absolute Gasteiger partial charge is 0.122 e. The first-order valence-corrected chi connectivity index (χ1v) is 8.78. The van der Waals surface area contributed by atoms with E-state index >= 15 is 0 Å². The van der Waals surface area contributed by atoms with Gasteiger partial charge in [-0.15, -0.1) is 0 Å². The summed E-state index contributed by atoms with van der Waals surface area (Å²) in [7, 11) is 1.77. The Hall–Kier alpha value is -1.45. The third-order valence-corrected chi connectivity index (χ3v) is 5.33. The summed E-state index contributed by atoms with van der Waals surface area (Å²) in [5.74, 6) is 1.04. The van der Waals surface area contributed by atoms with Gasteiger partial charge in [0.05, 0.1) is 7.11 Å². The van der Waals surface area contributed by atoms with Crippen LogP contribution in [0.15, 0.2) is 52.3 Å². The second-order valence-electron chi connectivity index (χ2n) is 5.64. The number of hydrogen-bond acceptors (Lipinski definition) is 3. The van der Waals surface area contributed by atoms with Gasteiger partial charge in [0.25, 0.3) is 0 Å². The number of methoxy groups -OCH3 is 1. The van der Waals surface area contributed by atoms with Gasteiger partial charge in [-0.1, -0.05) is 36.9 Å². The molecule has 1 aliphatic carbocycles. The highest BCUT2D eigenvalue weighted by molar-refractivity contribution is 7.99. The van der Waals surface area contributed by atoms with Crippen molar-refractivity contribution in [3.8, 4) is 5.75 Å². The van der Waals surface area contributed by atoms with Crippen LogP contribution in [0.5, 0.6) is 5.75 Å². The van der Waals surface area contributed by atoms with Crippen molar-refractivity contribution in [2.45, 2.75) is 42.0 Å². The molecule has 2 aromatic rings. The summed E-state index contributed by atoms with van der Waals surface area (Å²) in [6.07, 6.45) is 3.39. The first kappa shape index (κ1) is 15.4. The summed E-state index contributed by atoms with van der Waals surface area (Å²) in [6.45, 7) is 3.20. The molecule has 1 atom stereocenters. The maximum Gasteiger partial charge on any atom is 0.122 e. The largest absolute Gasteiger partial charge is 0.496 e. The first-order valence-electron chi connectivity index (χ1n) is 7.96. The van der Waals surface area contributed by atoms with Gasteiger partial charge in [0.1, 0.15) is 5.75 Å². The lowest BCUT2D eigenvalue weighted by Crippen LogP contribution is -2.34. The normalized spacial score (nSPS) is 17.1. The van der Waals surface area contributed by atoms with E-state index < -0.39 is 0 Å². The van der Waals surface area contributed by atoms with Crippen LogP contribution >= 0.6 is 11.8 Å². The Bertz CT molecular complexity index is 627. The number of hydrogen-bond donors (Lipinski definition) is 1. The number of nitrogens with one attached hydrogen (secondary N) is 1. The van der Waals surface area contributed by atoms with E-state index in [1.165, 1.54) is 27.3 Å². The minimum Gasteiger partial charge on any atom is -0.496 e. The van der Waals surface area contributed by atoms with E-state index in [1.54, 1.807) is 7.11 Å². The molecule has 22 heavy (non-hydrogen) atoms. The van der Waals surface area contributed by atoms with Crippen molar-refractivity contribution in [3.05, 3.63) is 53.6 Å². The predicted molar refractivity (Wildman–Crippen MR) is 93.0 cm³/mol. The highest BCUT2D eigenvalue weighted by Crippen LogP contribution is 2.39. The molecule has 0 heterocycles. The molecular formula is C19H23NOS. The molecule has 0 spiro atoms. The summed E-state index contributed by atoms with van der Waals surface area (Å²) in [6, 6.07) is 15.5. The molecule has 0 amide bonds. The van der Waals surface area contributed by atoms with Gasteiger partial charge in [-0.3, -0.25) is 0 Å². The molecule has 0 saturated heterocycles. The lowest BCUT2D eigenvalue weighted by atomic mass is 9.87. The molecule has 0 saturated carbocycles. The third-order valence-electron chi connectivity index (χ3n) is 4.22. The number of likely N-dealkylation sites (N-methyl/N-ethyl adjacent to an activating group) is 1. The molecule has 1 unspecified atom stereocenters. The summed E-state index contributed by atoms with van der Waals surface area (Å²) in [5, 5.41) is 3.58. The highest BCUT2D eigenvalue weighted by Gasteiger charge is 2.23. The van der Waals surface area contributed by atoms with Crippen LogP contribution in [0.3, 0.4) is 0 Å². The van der Waals surface area contributed by atoms with Gasteiger partial charge in [-0.2, -0.15) is 0 Å². The monoisotopic (exact) mass is 313 g/mol. The molecule has 1 aliphatic rings. The maximum absolute atomic E-state index is 5.61. The fourth-order valence-corrected chi connectivity index (χ4v) is 4.21. The Labute approximate surface area is 137 Å². The van der Waals surface area contributed by atoms with Crippen molar-refractivity contribution in [3.63, 3.8) is 0 Å². The fourth-order valence-electron chi connectivity index (χ4n) is 3.18. The summed E-state index contributed by atoms with van der Waals surface area (Å²) >= 11 is 1.86. The van der Waals surface area contributed by atoms with Gasteiger partial charge in [0, 0.05) is 15.8 Å². The fraction of sp³-hybridized carbons (Fsp3) is 0.368. The Kier molecular flexibility index (Phi) is 5.06. The van der Waals surface area contributed by atoms with E-state index in [-0.39, 0.29) is 0 Å². The van der Waals surface area contributed by atoms with E-state index in [0.717, 1.165) is 25.1 Å². The molecule has 2 aromatic carbocycles. The molecule has 0 fully saturated rings. The molecule has 116 valence electrons. The number of ether oxygens (including phenoxy) is 1. The molecule has 3 rings (SSSR count). The molecule has 0 aliphatic heterocycles. The Balaban J connectivity index is 1.91. The minimum absolute atomic E-state index is 0.573. The lowest BCUT2D eigenvalue weighted by molar-refractivity contribution is 0.394. The number of benzene rings is 2. The Morgan fingerprint density at radius 1 is 1.14 bits per heavy atom. The first-order chi connectivity index (χ1) is 10.8. The number of fused-ring (bicyclic) bond motifs is 1. The van der Waals surface area contributed by atoms with Crippen LogP contribution in [0.4, 0.5) is 0 Å². The van der Waals surface area contributed by atoms with Gasteiger partial charge >= 0.3 is 0 Å². The Morgan fingerprint density at radius 3 is 2.68 bits per heavy atom. The topological polar surface area (TPSA) is 21.3 Å². The predicted octanol–water partition coefficient (Wildman–Crippen LogP) is 4.31. The van der Waals surface area contributed by atoms with Gasteiger partial charge in [0.2, 0.25) is 0 Å². The average Bonchev–Trinajstić information content (AvgIpc) is 2.56. The van der Waals surface area contributed by atoms with E-state index in [0.29, 0.717) is 6.04 Å². The summed E-state index contributed by atoms with van der Waals surface area (Å²) in [4.78, 5) is 2.67. The van der Waals surface area contributed by atoms with Crippen molar-refractivity contribution >= 4 is 11.8 Å². The molecule has 0 aromatic heterocycles. The zero-order valence-electron chi connectivity index (χ0n) is 13.3. The van der Waals surface area contributed by atoms with Crippen molar-refractivity contribution in [1.82, 2.24) is 5.32 Å². The van der Waals surface area contributed by atoms with Crippen molar-refractivity contribution in [1.29, 1.82) is 0 Å². The zero-order valence-corrected chi connectivity index (χ0v) is 14.1. The minimum atomic E-state index is 0.573. The van der Waals surface area contributed by atoms with Crippen LogP contribution in [-0.2, 0) is 12.8 Å². The second-order valence-corrected chi connectivity index (χ2v) is 6.75. The van der Waals surface area contributed by atoms with Crippen molar-refractivity contribution in [2.75, 3.05) is 13.7 Å². The SMILES string of the molecule is CCNC1CCc2c(Sc3ccccc3)ccc(OC)c2C1. The molecule has 0 radical (unpaired) electrons. The van der Waals surface area contributed by atoms with Gasteiger partial charge in [-0.25, -0.2) is 0 Å². The van der Waals surface area contributed by atoms with E-state index in [4.69, 9.17) is 4.74 Å². The van der Waals surface area contributed by atoms with Crippen LogP contribution in [0, 0.1) is 0 Å². The van der Waals surface area contributed by atoms with E-state index in [9.17, 15) is 0 Å². The van der Waals surface area contributed by atoms with E-state index in [1.807, 2.05) is 11.8 Å². The second kappa shape index (κ2) is 7.21. The summed E-state index contributed by atoms with van der Waals surface area (Å²) in [5.41, 5.74) is 2.86. The molecular weight excluding hydrogens is 290 g/mol. The summed E-state index contributed by atoms with van der Waals surface area (Å²) < 4.78 is 5.61. The third kappa shape index (κ3) is 3.31. The van der Waals surface area contributed by atoms with Crippen molar-refractivity contribution < 1.29 is 4.74 Å².